The van der Waals surface area contributed by atoms with Gasteiger partial charge < -0.3 is 5.32 Å². The fourth-order valence-corrected chi connectivity index (χ4v) is 3.15. The number of benzene rings is 1. The Morgan fingerprint density at radius 3 is 2.37 bits per heavy atom. The summed E-state index contributed by atoms with van der Waals surface area (Å²) < 4.78 is 26.9. The summed E-state index contributed by atoms with van der Waals surface area (Å²) in [6.45, 7) is 4.58. The summed E-state index contributed by atoms with van der Waals surface area (Å²) in [6.07, 6.45) is 4.52. The molecule has 1 N–H and O–H groups in total. The lowest BCUT2D eigenvalue weighted by Crippen LogP contribution is -2.31. The third kappa shape index (κ3) is 3.33. The second-order valence-corrected chi connectivity index (χ2v) is 6.43. The summed E-state index contributed by atoms with van der Waals surface area (Å²) in [5, 5.41) is 3.21. The molecule has 2 rings (SSSR count). The molecule has 0 saturated heterocycles. The number of rotatable bonds is 3. The summed E-state index contributed by atoms with van der Waals surface area (Å²) in [5.74, 6) is -0.525. The van der Waals surface area contributed by atoms with Crippen molar-refractivity contribution in [2.45, 2.75) is 45.6 Å². The summed E-state index contributed by atoms with van der Waals surface area (Å²) in [4.78, 5) is 0. The highest BCUT2D eigenvalue weighted by molar-refractivity contribution is 5.23. The standard InChI is InChI=1S/C16H23F2N/c1-16(2)8-6-11(7-9-16)15(19-3)13-5-4-12(17)10-14(13)18/h4-5,10-11,15,19H,6-9H2,1-3H3. The van der Waals surface area contributed by atoms with E-state index in [0.29, 0.717) is 16.9 Å². The van der Waals surface area contributed by atoms with E-state index in [0.717, 1.165) is 18.9 Å². The van der Waals surface area contributed by atoms with Crippen molar-refractivity contribution in [3.63, 3.8) is 0 Å². The van der Waals surface area contributed by atoms with Crippen LogP contribution in [-0.4, -0.2) is 7.05 Å². The summed E-state index contributed by atoms with van der Waals surface area (Å²) in [6, 6.07) is 3.88. The van der Waals surface area contributed by atoms with Crippen LogP contribution >= 0.6 is 0 Å². The molecule has 0 bridgehead atoms. The highest BCUT2D eigenvalue weighted by atomic mass is 19.1. The summed E-state index contributed by atoms with van der Waals surface area (Å²) in [5.41, 5.74) is 0.990. The molecule has 1 aliphatic carbocycles. The first kappa shape index (κ1) is 14.4. The van der Waals surface area contributed by atoms with Gasteiger partial charge in [0, 0.05) is 17.7 Å². The first-order chi connectivity index (χ1) is 8.93. The Labute approximate surface area is 114 Å². The Balaban J connectivity index is 2.16. The van der Waals surface area contributed by atoms with E-state index in [1.54, 1.807) is 6.07 Å². The van der Waals surface area contributed by atoms with Crippen molar-refractivity contribution in [1.29, 1.82) is 0 Å². The van der Waals surface area contributed by atoms with E-state index in [4.69, 9.17) is 0 Å². The predicted molar refractivity (Wildman–Crippen MR) is 73.9 cm³/mol. The van der Waals surface area contributed by atoms with E-state index in [-0.39, 0.29) is 6.04 Å². The van der Waals surface area contributed by atoms with Crippen molar-refractivity contribution in [3.8, 4) is 0 Å². The topological polar surface area (TPSA) is 12.0 Å². The largest absolute Gasteiger partial charge is 0.313 e. The number of hydrogen-bond donors (Lipinski definition) is 1. The van der Waals surface area contributed by atoms with Crippen LogP contribution < -0.4 is 5.32 Å². The molecule has 1 saturated carbocycles. The van der Waals surface area contributed by atoms with Crippen molar-refractivity contribution in [1.82, 2.24) is 5.32 Å². The second kappa shape index (κ2) is 5.58. The maximum Gasteiger partial charge on any atom is 0.130 e. The van der Waals surface area contributed by atoms with Crippen LogP contribution in [0.15, 0.2) is 18.2 Å². The van der Waals surface area contributed by atoms with Gasteiger partial charge in [-0.2, -0.15) is 0 Å². The van der Waals surface area contributed by atoms with Crippen molar-refractivity contribution in [3.05, 3.63) is 35.4 Å². The van der Waals surface area contributed by atoms with Gasteiger partial charge in [-0.05, 0) is 50.1 Å². The summed E-state index contributed by atoms with van der Waals surface area (Å²) >= 11 is 0. The van der Waals surface area contributed by atoms with Crippen molar-refractivity contribution in [2.75, 3.05) is 7.05 Å². The van der Waals surface area contributed by atoms with Crippen LogP contribution in [0.25, 0.3) is 0 Å². The van der Waals surface area contributed by atoms with E-state index in [1.807, 2.05) is 7.05 Å². The van der Waals surface area contributed by atoms with Gasteiger partial charge in [0.25, 0.3) is 0 Å². The molecule has 0 aromatic heterocycles. The molecular formula is C16H23F2N. The zero-order chi connectivity index (χ0) is 14.0. The van der Waals surface area contributed by atoms with Crippen molar-refractivity contribution in [2.24, 2.45) is 11.3 Å². The van der Waals surface area contributed by atoms with Gasteiger partial charge in [-0.3, -0.25) is 0 Å². The van der Waals surface area contributed by atoms with E-state index >= 15 is 0 Å². The molecule has 1 aromatic rings. The van der Waals surface area contributed by atoms with Gasteiger partial charge in [-0.15, -0.1) is 0 Å². The van der Waals surface area contributed by atoms with Gasteiger partial charge in [0.05, 0.1) is 0 Å². The number of halogens is 2. The van der Waals surface area contributed by atoms with Crippen LogP contribution in [0.1, 0.15) is 51.1 Å². The lowest BCUT2D eigenvalue weighted by atomic mass is 9.70. The Kier molecular flexibility index (Phi) is 4.24. The monoisotopic (exact) mass is 267 g/mol. The Bertz CT molecular complexity index is 432. The predicted octanol–water partition coefficient (Wildman–Crippen LogP) is 4.44. The minimum Gasteiger partial charge on any atom is -0.313 e. The fourth-order valence-electron chi connectivity index (χ4n) is 3.15. The Morgan fingerprint density at radius 1 is 1.21 bits per heavy atom. The van der Waals surface area contributed by atoms with E-state index in [1.165, 1.54) is 18.9 Å². The summed E-state index contributed by atoms with van der Waals surface area (Å²) in [7, 11) is 1.85. The molecule has 0 amide bonds. The quantitative estimate of drug-likeness (QED) is 0.853. The molecule has 0 spiro atoms. The van der Waals surface area contributed by atoms with Crippen LogP contribution in [0.3, 0.4) is 0 Å². The fraction of sp³-hybridized carbons (Fsp3) is 0.625. The minimum atomic E-state index is -0.513. The molecule has 1 nitrogen and oxygen atoms in total. The third-order valence-electron chi connectivity index (χ3n) is 4.46. The molecular weight excluding hydrogens is 244 g/mol. The number of nitrogens with one attached hydrogen (secondary N) is 1. The first-order valence-electron chi connectivity index (χ1n) is 7.05. The van der Waals surface area contributed by atoms with Crippen LogP contribution in [0.5, 0.6) is 0 Å². The third-order valence-corrected chi connectivity index (χ3v) is 4.46. The van der Waals surface area contributed by atoms with Gasteiger partial charge in [0.15, 0.2) is 0 Å². The smallest absolute Gasteiger partial charge is 0.130 e. The molecule has 0 aliphatic heterocycles. The van der Waals surface area contributed by atoms with Crippen LogP contribution in [0, 0.1) is 23.0 Å². The lowest BCUT2D eigenvalue weighted by molar-refractivity contribution is 0.163. The van der Waals surface area contributed by atoms with Gasteiger partial charge >= 0.3 is 0 Å². The molecule has 1 fully saturated rings. The first-order valence-corrected chi connectivity index (χ1v) is 7.05. The second-order valence-electron chi connectivity index (χ2n) is 6.43. The number of hydrogen-bond acceptors (Lipinski definition) is 1. The molecule has 3 heteroatoms. The van der Waals surface area contributed by atoms with Gasteiger partial charge in [-0.1, -0.05) is 19.9 Å². The Morgan fingerprint density at radius 2 is 1.84 bits per heavy atom. The molecule has 19 heavy (non-hydrogen) atoms. The van der Waals surface area contributed by atoms with Crippen LogP contribution in [0.2, 0.25) is 0 Å². The molecule has 0 radical (unpaired) electrons. The average Bonchev–Trinajstić information content (AvgIpc) is 2.34. The van der Waals surface area contributed by atoms with E-state index < -0.39 is 11.6 Å². The van der Waals surface area contributed by atoms with Crippen LogP contribution in [-0.2, 0) is 0 Å². The van der Waals surface area contributed by atoms with Crippen molar-refractivity contribution >= 4 is 0 Å². The molecule has 1 aromatic carbocycles. The highest BCUT2D eigenvalue weighted by Crippen LogP contribution is 2.43. The molecule has 1 unspecified atom stereocenters. The molecule has 106 valence electrons. The molecule has 0 heterocycles. The van der Waals surface area contributed by atoms with E-state index in [9.17, 15) is 8.78 Å². The average molecular weight is 267 g/mol. The zero-order valence-electron chi connectivity index (χ0n) is 12.0. The molecule has 1 atom stereocenters. The lowest BCUT2D eigenvalue weighted by Gasteiger charge is -2.38. The SMILES string of the molecule is CNC(c1ccc(F)cc1F)C1CCC(C)(C)CC1. The highest BCUT2D eigenvalue weighted by Gasteiger charge is 2.32. The van der Waals surface area contributed by atoms with Gasteiger partial charge in [0.2, 0.25) is 0 Å². The van der Waals surface area contributed by atoms with Crippen LogP contribution in [0.4, 0.5) is 8.78 Å². The maximum absolute atomic E-state index is 13.9. The van der Waals surface area contributed by atoms with Gasteiger partial charge in [0.1, 0.15) is 11.6 Å². The zero-order valence-corrected chi connectivity index (χ0v) is 12.0. The maximum atomic E-state index is 13.9. The van der Waals surface area contributed by atoms with E-state index in [2.05, 4.69) is 19.2 Å². The minimum absolute atomic E-state index is 0.0169. The Hall–Kier alpha value is -0.960. The normalized spacial score (nSPS) is 21.3. The molecule has 1 aliphatic rings. The van der Waals surface area contributed by atoms with Gasteiger partial charge in [-0.25, -0.2) is 8.78 Å². The van der Waals surface area contributed by atoms with Crippen molar-refractivity contribution < 1.29 is 8.78 Å².